The first-order chi connectivity index (χ1) is 16.5. The highest BCUT2D eigenvalue weighted by atomic mass is 35.5. The van der Waals surface area contributed by atoms with E-state index in [0.29, 0.717) is 42.0 Å². The van der Waals surface area contributed by atoms with Crippen LogP contribution in [0.5, 0.6) is 0 Å². The molecule has 4 heterocycles. The lowest BCUT2D eigenvalue weighted by atomic mass is 10.1. The van der Waals surface area contributed by atoms with Crippen LogP contribution in [0.2, 0.25) is 0 Å². The van der Waals surface area contributed by atoms with Gasteiger partial charge in [0.15, 0.2) is 0 Å². The number of rotatable bonds is 5. The van der Waals surface area contributed by atoms with Crippen LogP contribution in [0.3, 0.4) is 0 Å². The van der Waals surface area contributed by atoms with Crippen LogP contribution >= 0.6 is 12.4 Å². The van der Waals surface area contributed by atoms with Gasteiger partial charge in [0.25, 0.3) is 0 Å². The van der Waals surface area contributed by atoms with Gasteiger partial charge in [-0.3, -0.25) is 9.69 Å². The molecule has 0 bridgehead atoms. The topological polar surface area (TPSA) is 141 Å². The molecule has 10 nitrogen and oxygen atoms in total. The summed E-state index contributed by atoms with van der Waals surface area (Å²) in [5.41, 5.74) is 8.56. The number of primary amides is 1. The SMILES string of the molecule is Cl.N#Cc1ccnc(Nc2cc(C3CC3)cc(-c3ccc(N4CCN(C(N)=O)CC4=O)nc3)n2)c1. The molecule has 1 saturated carbocycles. The quantitative estimate of drug-likeness (QED) is 0.559. The minimum absolute atomic E-state index is 0. The van der Waals surface area contributed by atoms with E-state index in [9.17, 15) is 9.59 Å². The summed E-state index contributed by atoms with van der Waals surface area (Å²) in [6.07, 6.45) is 5.56. The van der Waals surface area contributed by atoms with Crippen molar-refractivity contribution in [3.63, 3.8) is 0 Å². The van der Waals surface area contributed by atoms with Gasteiger partial charge in [-0.05, 0) is 60.7 Å². The molecule has 178 valence electrons. The normalized spacial score (nSPS) is 15.2. The zero-order valence-corrected chi connectivity index (χ0v) is 19.5. The average Bonchev–Trinajstić information content (AvgIpc) is 3.70. The highest BCUT2D eigenvalue weighted by Gasteiger charge is 2.28. The Kier molecular flexibility index (Phi) is 6.80. The first kappa shape index (κ1) is 23.9. The Hall–Kier alpha value is -4.23. The van der Waals surface area contributed by atoms with E-state index in [0.717, 1.165) is 24.1 Å². The van der Waals surface area contributed by atoms with Crippen LogP contribution in [0.4, 0.5) is 22.2 Å². The number of pyridine rings is 3. The first-order valence-electron chi connectivity index (χ1n) is 11.0. The molecule has 3 N–H and O–H groups in total. The second-order valence-electron chi connectivity index (χ2n) is 8.32. The molecule has 0 spiro atoms. The van der Waals surface area contributed by atoms with Crippen molar-refractivity contribution in [2.45, 2.75) is 18.8 Å². The second kappa shape index (κ2) is 9.95. The fourth-order valence-electron chi connectivity index (χ4n) is 3.92. The smallest absolute Gasteiger partial charge is 0.315 e. The van der Waals surface area contributed by atoms with Gasteiger partial charge < -0.3 is 16.0 Å². The number of nitrogens with two attached hydrogens (primary N) is 1. The van der Waals surface area contributed by atoms with Gasteiger partial charge in [-0.2, -0.15) is 5.26 Å². The monoisotopic (exact) mass is 490 g/mol. The van der Waals surface area contributed by atoms with Gasteiger partial charge in [0, 0.05) is 31.0 Å². The van der Waals surface area contributed by atoms with Gasteiger partial charge in [0.1, 0.15) is 24.0 Å². The minimum atomic E-state index is -0.600. The third-order valence-electron chi connectivity index (χ3n) is 5.89. The summed E-state index contributed by atoms with van der Waals surface area (Å²) in [5.74, 6) is 1.99. The first-order valence-corrected chi connectivity index (χ1v) is 11.0. The number of hydrogen-bond acceptors (Lipinski definition) is 7. The van der Waals surface area contributed by atoms with Crippen molar-refractivity contribution in [1.82, 2.24) is 19.9 Å². The van der Waals surface area contributed by atoms with Gasteiger partial charge >= 0.3 is 6.03 Å². The number of anilines is 3. The van der Waals surface area contributed by atoms with Crippen molar-refractivity contribution < 1.29 is 9.59 Å². The summed E-state index contributed by atoms with van der Waals surface area (Å²) in [5, 5.41) is 12.3. The molecular weight excluding hydrogens is 468 g/mol. The summed E-state index contributed by atoms with van der Waals surface area (Å²) in [6, 6.07) is 12.6. The second-order valence-corrected chi connectivity index (χ2v) is 8.32. The summed E-state index contributed by atoms with van der Waals surface area (Å²) in [7, 11) is 0. The summed E-state index contributed by atoms with van der Waals surface area (Å²) < 4.78 is 0. The van der Waals surface area contributed by atoms with Crippen LogP contribution in [-0.4, -0.2) is 51.4 Å². The van der Waals surface area contributed by atoms with E-state index in [1.54, 1.807) is 35.5 Å². The number of nitrogens with one attached hydrogen (secondary N) is 1. The molecule has 1 aliphatic carbocycles. The lowest BCUT2D eigenvalue weighted by molar-refractivity contribution is -0.120. The van der Waals surface area contributed by atoms with Gasteiger partial charge in [-0.1, -0.05) is 0 Å². The number of piperazine rings is 1. The molecule has 3 aromatic heterocycles. The Morgan fingerprint density at radius 1 is 1.11 bits per heavy atom. The van der Waals surface area contributed by atoms with E-state index in [1.165, 1.54) is 10.5 Å². The summed E-state index contributed by atoms with van der Waals surface area (Å²) in [4.78, 5) is 40.1. The average molecular weight is 491 g/mol. The fourth-order valence-corrected chi connectivity index (χ4v) is 3.92. The number of nitriles is 1. The zero-order valence-electron chi connectivity index (χ0n) is 18.7. The summed E-state index contributed by atoms with van der Waals surface area (Å²) in [6.45, 7) is 0.651. The molecule has 3 aromatic rings. The molecule has 0 aromatic carbocycles. The third kappa shape index (κ3) is 5.31. The Balaban J connectivity index is 0.00000289. The predicted molar refractivity (Wildman–Crippen MR) is 132 cm³/mol. The lowest BCUT2D eigenvalue weighted by Crippen LogP contribution is -2.54. The molecule has 0 unspecified atom stereocenters. The highest BCUT2D eigenvalue weighted by molar-refractivity contribution is 5.97. The molecule has 0 atom stereocenters. The molecule has 5 rings (SSSR count). The predicted octanol–water partition coefficient (Wildman–Crippen LogP) is 3.18. The van der Waals surface area contributed by atoms with Crippen molar-refractivity contribution in [3.8, 4) is 17.3 Å². The fraction of sp³-hybridized carbons (Fsp3) is 0.250. The van der Waals surface area contributed by atoms with Gasteiger partial charge in [0.05, 0.1) is 17.3 Å². The third-order valence-corrected chi connectivity index (χ3v) is 5.89. The molecule has 2 aliphatic rings. The maximum atomic E-state index is 12.4. The molecule has 2 fully saturated rings. The molecule has 11 heteroatoms. The van der Waals surface area contributed by atoms with Crippen LogP contribution in [0, 0.1) is 11.3 Å². The number of carbonyl (C=O) groups excluding carboxylic acids is 2. The Labute approximate surface area is 208 Å². The molecular formula is C24H23ClN8O2. The number of amides is 3. The van der Waals surface area contributed by atoms with E-state index in [4.69, 9.17) is 16.0 Å². The Bertz CT molecular complexity index is 1300. The highest BCUT2D eigenvalue weighted by Crippen LogP contribution is 2.42. The maximum absolute atomic E-state index is 12.4. The number of nitrogens with zero attached hydrogens (tertiary/aromatic N) is 6. The van der Waals surface area contributed by atoms with Crippen LogP contribution < -0.4 is 16.0 Å². The van der Waals surface area contributed by atoms with Gasteiger partial charge in [-0.15, -0.1) is 12.4 Å². The van der Waals surface area contributed by atoms with Gasteiger partial charge in [0.2, 0.25) is 5.91 Å². The molecule has 35 heavy (non-hydrogen) atoms. The van der Waals surface area contributed by atoms with Crippen molar-refractivity contribution in [2.75, 3.05) is 29.9 Å². The standard InChI is InChI=1S/C24H22N8O2.ClH/c25-12-15-5-6-27-20(9-15)30-21-11-18(16-1-2-16)10-19(29-21)17-3-4-22(28-13-17)32-8-7-31(24(26)34)14-23(32)33;/h3-6,9-11,13,16H,1-2,7-8,14H2,(H2,26,34)(H,27,29,30);1H. The Morgan fingerprint density at radius 3 is 2.60 bits per heavy atom. The number of halogens is 1. The van der Waals surface area contributed by atoms with Crippen molar-refractivity contribution >= 4 is 41.8 Å². The molecule has 1 aliphatic heterocycles. The van der Waals surface area contributed by atoms with Crippen LogP contribution in [0.1, 0.15) is 29.9 Å². The summed E-state index contributed by atoms with van der Waals surface area (Å²) >= 11 is 0. The Morgan fingerprint density at radius 2 is 1.94 bits per heavy atom. The minimum Gasteiger partial charge on any atom is -0.351 e. The number of carbonyl (C=O) groups is 2. The number of aromatic nitrogens is 3. The van der Waals surface area contributed by atoms with E-state index in [2.05, 4.69) is 27.4 Å². The van der Waals surface area contributed by atoms with E-state index >= 15 is 0 Å². The van der Waals surface area contributed by atoms with Crippen LogP contribution in [-0.2, 0) is 4.79 Å². The lowest BCUT2D eigenvalue weighted by Gasteiger charge is -2.32. The number of hydrogen-bond donors (Lipinski definition) is 2. The van der Waals surface area contributed by atoms with Crippen LogP contribution in [0.15, 0.2) is 48.8 Å². The van der Waals surface area contributed by atoms with Gasteiger partial charge in [-0.25, -0.2) is 19.7 Å². The van der Waals surface area contributed by atoms with E-state index in [1.807, 2.05) is 12.1 Å². The zero-order chi connectivity index (χ0) is 23.7. The van der Waals surface area contributed by atoms with E-state index in [-0.39, 0.29) is 24.9 Å². The van der Waals surface area contributed by atoms with Crippen molar-refractivity contribution in [3.05, 3.63) is 59.9 Å². The van der Waals surface area contributed by atoms with Crippen molar-refractivity contribution in [2.24, 2.45) is 5.73 Å². The van der Waals surface area contributed by atoms with Crippen LogP contribution in [0.25, 0.3) is 11.3 Å². The molecule has 1 saturated heterocycles. The number of urea groups is 1. The molecule has 0 radical (unpaired) electrons. The molecule has 3 amide bonds. The maximum Gasteiger partial charge on any atom is 0.315 e. The van der Waals surface area contributed by atoms with E-state index < -0.39 is 6.03 Å². The largest absolute Gasteiger partial charge is 0.351 e. The van der Waals surface area contributed by atoms with Crippen molar-refractivity contribution in [1.29, 1.82) is 5.26 Å².